The SMILES string of the molecule is C(=Cc1ccccc1)CC=Cc1ccccc1.[O-][Cl+3]([O-])([O-])O. The van der Waals surface area contributed by atoms with E-state index in [1.54, 1.807) is 0 Å². The van der Waals surface area contributed by atoms with Gasteiger partial charge in [0, 0.05) is 0 Å². The monoisotopic (exact) mass is 320 g/mol. The zero-order valence-electron chi connectivity index (χ0n) is 11.8. The van der Waals surface area contributed by atoms with Crippen molar-refractivity contribution in [2.24, 2.45) is 0 Å². The van der Waals surface area contributed by atoms with Crippen LogP contribution in [-0.4, -0.2) is 4.66 Å². The Hall–Kier alpha value is -1.95. The summed E-state index contributed by atoms with van der Waals surface area (Å²) in [5.74, 6) is 0. The third-order valence-corrected chi connectivity index (χ3v) is 2.49. The molecule has 2 aromatic rings. The maximum Gasteiger partial charge on any atom is 0.0777 e. The summed E-state index contributed by atoms with van der Waals surface area (Å²) in [6.45, 7) is 0. The smallest absolute Gasteiger partial charge is 0.0777 e. The summed E-state index contributed by atoms with van der Waals surface area (Å²) in [5.41, 5.74) is 2.50. The third-order valence-electron chi connectivity index (χ3n) is 2.49. The Labute approximate surface area is 132 Å². The van der Waals surface area contributed by atoms with Crippen LogP contribution in [0, 0.1) is 10.2 Å². The van der Waals surface area contributed by atoms with E-state index in [2.05, 4.69) is 72.8 Å². The zero-order valence-corrected chi connectivity index (χ0v) is 12.6. The average Bonchev–Trinajstić information content (AvgIpc) is 2.47. The highest BCUT2D eigenvalue weighted by Crippen LogP contribution is 2.04. The lowest BCUT2D eigenvalue weighted by Gasteiger charge is -2.03. The van der Waals surface area contributed by atoms with E-state index in [1.165, 1.54) is 11.1 Å². The van der Waals surface area contributed by atoms with Gasteiger partial charge in [0.15, 0.2) is 0 Å². The maximum atomic E-state index is 8.60. The van der Waals surface area contributed by atoms with Crippen LogP contribution in [0.1, 0.15) is 17.5 Å². The standard InChI is InChI=1S/C17H16.ClHO4/c1-4-10-16(11-5-1)14-8-3-9-15-17-12-6-2-7-13-17;2-1(3,4)5/h1-2,4-15H,3H2;(H,2,3,4,5). The first-order valence-electron chi connectivity index (χ1n) is 6.51. The molecule has 0 aliphatic rings. The van der Waals surface area contributed by atoms with E-state index in [1.807, 2.05) is 12.1 Å². The molecule has 0 aliphatic carbocycles. The topological polar surface area (TPSA) is 89.4 Å². The molecular weight excluding hydrogens is 304 g/mol. The van der Waals surface area contributed by atoms with Crippen LogP contribution in [0.15, 0.2) is 72.8 Å². The first-order chi connectivity index (χ1) is 10.4. The lowest BCUT2D eigenvalue weighted by atomic mass is 10.2. The minimum absolute atomic E-state index is 0.962. The van der Waals surface area contributed by atoms with Gasteiger partial charge in [0.05, 0.1) is 14.9 Å². The van der Waals surface area contributed by atoms with Crippen molar-refractivity contribution in [3.63, 3.8) is 0 Å². The summed E-state index contributed by atoms with van der Waals surface area (Å²) in [4.78, 5) is 0. The molecule has 22 heavy (non-hydrogen) atoms. The van der Waals surface area contributed by atoms with E-state index in [0.29, 0.717) is 0 Å². The van der Waals surface area contributed by atoms with Gasteiger partial charge in [0.25, 0.3) is 0 Å². The largest absolute Gasteiger partial charge is 0.183 e. The predicted molar refractivity (Wildman–Crippen MR) is 77.8 cm³/mol. The van der Waals surface area contributed by atoms with Crippen molar-refractivity contribution < 1.29 is 28.9 Å². The van der Waals surface area contributed by atoms with Crippen molar-refractivity contribution >= 4 is 12.2 Å². The van der Waals surface area contributed by atoms with Crippen LogP contribution in [0.4, 0.5) is 0 Å². The summed E-state index contributed by atoms with van der Waals surface area (Å²) in [6, 6.07) is 20.7. The van der Waals surface area contributed by atoms with Crippen LogP contribution in [0.5, 0.6) is 0 Å². The van der Waals surface area contributed by atoms with E-state index in [0.717, 1.165) is 6.42 Å². The van der Waals surface area contributed by atoms with Crippen LogP contribution < -0.4 is 14.0 Å². The number of halogens is 1. The van der Waals surface area contributed by atoms with Gasteiger partial charge in [-0.1, -0.05) is 85.0 Å². The molecule has 2 aromatic carbocycles. The molecule has 0 amide bonds. The van der Waals surface area contributed by atoms with Gasteiger partial charge < -0.3 is 0 Å². The highest BCUT2D eigenvalue weighted by atomic mass is 35.7. The minimum Gasteiger partial charge on any atom is -0.183 e. The van der Waals surface area contributed by atoms with E-state index < -0.39 is 10.2 Å². The lowest BCUT2D eigenvalue weighted by Crippen LogP contribution is -2.58. The molecule has 4 nitrogen and oxygen atoms in total. The van der Waals surface area contributed by atoms with Crippen molar-refractivity contribution in [2.75, 3.05) is 0 Å². The van der Waals surface area contributed by atoms with Crippen molar-refractivity contribution in [3.05, 3.63) is 83.9 Å². The molecule has 0 radical (unpaired) electrons. The summed E-state index contributed by atoms with van der Waals surface area (Å²) in [6.07, 6.45) is 9.61. The Morgan fingerprint density at radius 2 is 1.05 bits per heavy atom. The summed E-state index contributed by atoms with van der Waals surface area (Å²) < 4.78 is 32.7. The number of rotatable bonds is 4. The fourth-order valence-corrected chi connectivity index (χ4v) is 1.62. The first kappa shape index (κ1) is 18.1. The van der Waals surface area contributed by atoms with Crippen molar-refractivity contribution in [1.82, 2.24) is 0 Å². The van der Waals surface area contributed by atoms with Gasteiger partial charge in [-0.2, -0.15) is 14.0 Å². The molecule has 0 saturated heterocycles. The molecule has 0 atom stereocenters. The van der Waals surface area contributed by atoms with Gasteiger partial charge in [-0.15, -0.1) is 0 Å². The Bertz CT molecular complexity index is 521. The number of hydrogen-bond acceptors (Lipinski definition) is 4. The summed E-state index contributed by atoms with van der Waals surface area (Å²) in [5, 5.41) is 0. The molecule has 0 unspecified atom stereocenters. The van der Waals surface area contributed by atoms with Gasteiger partial charge in [-0.25, -0.2) is 0 Å². The second-order valence-electron chi connectivity index (χ2n) is 4.26. The zero-order chi connectivity index (χ0) is 16.3. The fourth-order valence-electron chi connectivity index (χ4n) is 1.62. The summed E-state index contributed by atoms with van der Waals surface area (Å²) >= 11 is 0. The number of allylic oxidation sites excluding steroid dienone is 2. The van der Waals surface area contributed by atoms with Crippen LogP contribution in [0.2, 0.25) is 0 Å². The molecule has 2 rings (SSSR count). The highest BCUT2D eigenvalue weighted by molar-refractivity contribution is 5.51. The molecule has 0 spiro atoms. The molecule has 5 heteroatoms. The van der Waals surface area contributed by atoms with Crippen molar-refractivity contribution in [1.29, 1.82) is 0 Å². The Morgan fingerprint density at radius 3 is 1.36 bits per heavy atom. The van der Waals surface area contributed by atoms with Gasteiger partial charge in [-0.05, 0) is 17.5 Å². The number of hydrogen-bond donors (Lipinski definition) is 1. The van der Waals surface area contributed by atoms with Crippen LogP contribution in [0.3, 0.4) is 0 Å². The van der Waals surface area contributed by atoms with E-state index in [4.69, 9.17) is 18.6 Å². The van der Waals surface area contributed by atoms with Crippen LogP contribution >= 0.6 is 0 Å². The van der Waals surface area contributed by atoms with Crippen molar-refractivity contribution in [3.8, 4) is 0 Å². The highest BCUT2D eigenvalue weighted by Gasteiger charge is 1.98. The van der Waals surface area contributed by atoms with Gasteiger partial charge >= 0.3 is 0 Å². The molecule has 0 heterocycles. The molecule has 1 N–H and O–H groups in total. The first-order valence-corrected chi connectivity index (χ1v) is 7.78. The molecule has 0 aliphatic heterocycles. The van der Waals surface area contributed by atoms with E-state index in [9.17, 15) is 0 Å². The second kappa shape index (κ2) is 9.89. The molecule has 0 saturated carbocycles. The van der Waals surface area contributed by atoms with Gasteiger partial charge in [0.1, 0.15) is 0 Å². The molecule has 0 fully saturated rings. The van der Waals surface area contributed by atoms with E-state index in [-0.39, 0.29) is 0 Å². The van der Waals surface area contributed by atoms with Crippen molar-refractivity contribution in [2.45, 2.75) is 6.42 Å². The molecule has 0 aromatic heterocycles. The lowest BCUT2D eigenvalue weighted by molar-refractivity contribution is -1.92. The van der Waals surface area contributed by atoms with E-state index >= 15 is 0 Å². The molecular formula is C17H17ClO4. The quantitative estimate of drug-likeness (QED) is 0.897. The molecule has 0 bridgehead atoms. The maximum absolute atomic E-state index is 8.60. The molecule has 116 valence electrons. The van der Waals surface area contributed by atoms with Gasteiger partial charge in [-0.3, -0.25) is 0 Å². The van der Waals surface area contributed by atoms with Gasteiger partial charge in [0.2, 0.25) is 0 Å². The van der Waals surface area contributed by atoms with Crippen LogP contribution in [0.25, 0.3) is 12.2 Å². The minimum atomic E-state index is -4.69. The predicted octanol–water partition coefficient (Wildman–Crippen LogP) is 0.679. The Morgan fingerprint density at radius 1 is 0.727 bits per heavy atom. The third kappa shape index (κ3) is 10.8. The normalized spacial score (nSPS) is 11.5. The second-order valence-corrected chi connectivity index (χ2v) is 5.05. The summed E-state index contributed by atoms with van der Waals surface area (Å²) in [7, 11) is -4.69. The van der Waals surface area contributed by atoms with Crippen LogP contribution in [-0.2, 0) is 0 Å². The Kier molecular flexibility index (Phi) is 8.14. The number of benzene rings is 2. The average molecular weight is 321 g/mol. The Balaban J connectivity index is 0.000000422. The fraction of sp³-hybridized carbons (Fsp3) is 0.0588.